The molecule has 1 saturated carbocycles. The van der Waals surface area contributed by atoms with Crippen LogP contribution in [-0.4, -0.2) is 24.9 Å². The number of nitriles is 1. The van der Waals surface area contributed by atoms with Gasteiger partial charge in [-0.3, -0.25) is 0 Å². The summed E-state index contributed by atoms with van der Waals surface area (Å²) in [5, 5.41) is 9.39. The molecule has 2 heterocycles. The van der Waals surface area contributed by atoms with Crippen molar-refractivity contribution in [2.24, 2.45) is 5.41 Å². The van der Waals surface area contributed by atoms with Gasteiger partial charge in [0.2, 0.25) is 0 Å². The zero-order chi connectivity index (χ0) is 12.5. The third-order valence-electron chi connectivity index (χ3n) is 5.06. The first-order valence-electron chi connectivity index (χ1n) is 7.43. The molecule has 0 amide bonds. The summed E-state index contributed by atoms with van der Waals surface area (Å²) in [7, 11) is 0. The van der Waals surface area contributed by atoms with Crippen molar-refractivity contribution in [2.75, 3.05) is 13.2 Å². The number of hydrogen-bond donors (Lipinski definition) is 0. The van der Waals surface area contributed by atoms with Crippen molar-refractivity contribution in [1.82, 2.24) is 0 Å². The molecule has 0 bridgehead atoms. The van der Waals surface area contributed by atoms with E-state index in [0.29, 0.717) is 12.7 Å². The van der Waals surface area contributed by atoms with Crippen LogP contribution in [-0.2, 0) is 9.47 Å². The van der Waals surface area contributed by atoms with Gasteiger partial charge in [0.25, 0.3) is 0 Å². The van der Waals surface area contributed by atoms with Crippen LogP contribution in [0.2, 0.25) is 0 Å². The van der Waals surface area contributed by atoms with E-state index in [-0.39, 0.29) is 11.0 Å². The predicted octanol–water partition coefficient (Wildman–Crippen LogP) is 3.19. The number of hydrogen-bond acceptors (Lipinski definition) is 3. The fourth-order valence-corrected chi connectivity index (χ4v) is 3.94. The second-order valence-corrected chi connectivity index (χ2v) is 6.42. The normalized spacial score (nSPS) is 38.9. The number of ether oxygens (including phenoxy) is 2. The van der Waals surface area contributed by atoms with Crippen LogP contribution in [0.15, 0.2) is 0 Å². The summed E-state index contributed by atoms with van der Waals surface area (Å²) >= 11 is 0. The number of rotatable bonds is 2. The highest BCUT2D eigenvalue weighted by molar-refractivity contribution is 5.04. The average Bonchev–Trinajstić information content (AvgIpc) is 3.00. The summed E-state index contributed by atoms with van der Waals surface area (Å²) in [6, 6.07) is 2.49. The molecule has 3 aliphatic rings. The molecular weight excluding hydrogens is 226 g/mol. The van der Waals surface area contributed by atoms with E-state index in [1.165, 1.54) is 38.5 Å². The van der Waals surface area contributed by atoms with Gasteiger partial charge in [0, 0.05) is 6.61 Å². The lowest BCUT2D eigenvalue weighted by Crippen LogP contribution is -2.33. The van der Waals surface area contributed by atoms with Crippen molar-refractivity contribution < 1.29 is 9.47 Å². The zero-order valence-corrected chi connectivity index (χ0v) is 11.1. The standard InChI is InChI=1S/C15H23NO2/c16-11-14(8-9-17-12-14)10-13-4-7-15(18-13)5-2-1-3-6-15/h13H,1-10,12H2. The van der Waals surface area contributed by atoms with Crippen LogP contribution in [0.25, 0.3) is 0 Å². The highest BCUT2D eigenvalue weighted by atomic mass is 16.5. The van der Waals surface area contributed by atoms with Gasteiger partial charge in [-0.25, -0.2) is 0 Å². The highest BCUT2D eigenvalue weighted by Gasteiger charge is 2.45. The molecule has 3 rings (SSSR count). The highest BCUT2D eigenvalue weighted by Crippen LogP contribution is 2.45. The maximum absolute atomic E-state index is 9.39. The quantitative estimate of drug-likeness (QED) is 0.754. The molecule has 1 aliphatic carbocycles. The fraction of sp³-hybridized carbons (Fsp3) is 0.933. The Morgan fingerprint density at radius 3 is 2.61 bits per heavy atom. The fourth-order valence-electron chi connectivity index (χ4n) is 3.94. The summed E-state index contributed by atoms with van der Waals surface area (Å²) < 4.78 is 11.8. The maximum atomic E-state index is 9.39. The molecule has 18 heavy (non-hydrogen) atoms. The monoisotopic (exact) mass is 249 g/mol. The summed E-state index contributed by atoms with van der Waals surface area (Å²) in [6.07, 6.45) is 10.9. The first-order valence-corrected chi connectivity index (χ1v) is 7.43. The lowest BCUT2D eigenvalue weighted by atomic mass is 9.81. The summed E-state index contributed by atoms with van der Waals surface area (Å²) in [5.41, 5.74) is -0.0795. The zero-order valence-electron chi connectivity index (χ0n) is 11.1. The van der Waals surface area contributed by atoms with Crippen molar-refractivity contribution in [3.63, 3.8) is 0 Å². The summed E-state index contributed by atoms with van der Waals surface area (Å²) in [6.45, 7) is 1.35. The van der Waals surface area contributed by atoms with Gasteiger partial charge in [0.1, 0.15) is 0 Å². The molecule has 0 N–H and O–H groups in total. The Kier molecular flexibility index (Phi) is 3.34. The second-order valence-electron chi connectivity index (χ2n) is 6.42. The molecule has 2 saturated heterocycles. The van der Waals surface area contributed by atoms with Crippen molar-refractivity contribution >= 4 is 0 Å². The summed E-state index contributed by atoms with van der Waals surface area (Å²) in [4.78, 5) is 0. The van der Waals surface area contributed by atoms with Crippen molar-refractivity contribution in [1.29, 1.82) is 5.26 Å². The van der Waals surface area contributed by atoms with E-state index in [4.69, 9.17) is 9.47 Å². The van der Waals surface area contributed by atoms with Gasteiger partial charge in [-0.05, 0) is 38.5 Å². The minimum Gasteiger partial charge on any atom is -0.380 e. The largest absolute Gasteiger partial charge is 0.380 e. The Morgan fingerprint density at radius 1 is 1.11 bits per heavy atom. The molecule has 0 aromatic heterocycles. The van der Waals surface area contributed by atoms with Gasteiger partial charge in [-0.15, -0.1) is 0 Å². The van der Waals surface area contributed by atoms with Crippen LogP contribution in [0, 0.1) is 16.7 Å². The van der Waals surface area contributed by atoms with Crippen LogP contribution >= 0.6 is 0 Å². The lowest BCUT2D eigenvalue weighted by Gasteiger charge is -2.34. The van der Waals surface area contributed by atoms with Gasteiger partial charge in [0.15, 0.2) is 0 Å². The molecule has 100 valence electrons. The number of nitrogens with zero attached hydrogens (tertiary/aromatic N) is 1. The lowest BCUT2D eigenvalue weighted by molar-refractivity contribution is -0.0736. The molecule has 0 radical (unpaired) electrons. The van der Waals surface area contributed by atoms with E-state index in [0.717, 1.165) is 25.9 Å². The minimum absolute atomic E-state index is 0.180. The van der Waals surface area contributed by atoms with E-state index in [2.05, 4.69) is 6.07 Å². The van der Waals surface area contributed by atoms with Crippen LogP contribution in [0.3, 0.4) is 0 Å². The van der Waals surface area contributed by atoms with E-state index < -0.39 is 0 Å². The Balaban J connectivity index is 1.60. The van der Waals surface area contributed by atoms with E-state index >= 15 is 0 Å². The Labute approximate surface area is 109 Å². The van der Waals surface area contributed by atoms with Gasteiger partial charge >= 0.3 is 0 Å². The SMILES string of the molecule is N#CC1(CC2CCC3(CCCCC3)O2)CCOC1. The molecule has 0 aromatic carbocycles. The third-order valence-corrected chi connectivity index (χ3v) is 5.06. The topological polar surface area (TPSA) is 42.2 Å². The van der Waals surface area contributed by atoms with E-state index in [1.807, 2.05) is 0 Å². The first-order chi connectivity index (χ1) is 8.76. The van der Waals surface area contributed by atoms with E-state index in [1.54, 1.807) is 0 Å². The van der Waals surface area contributed by atoms with Gasteiger partial charge in [0.05, 0.1) is 29.8 Å². The van der Waals surface area contributed by atoms with Crippen LogP contribution < -0.4 is 0 Å². The van der Waals surface area contributed by atoms with Crippen molar-refractivity contribution in [2.45, 2.75) is 69.5 Å². The molecule has 0 aromatic rings. The molecule has 3 heteroatoms. The molecule has 1 spiro atoms. The first kappa shape index (κ1) is 12.4. The van der Waals surface area contributed by atoms with Gasteiger partial charge in [-0.2, -0.15) is 5.26 Å². The van der Waals surface area contributed by atoms with Crippen LogP contribution in [0.1, 0.15) is 57.8 Å². The van der Waals surface area contributed by atoms with Crippen LogP contribution in [0.4, 0.5) is 0 Å². The van der Waals surface area contributed by atoms with Crippen molar-refractivity contribution in [3.8, 4) is 6.07 Å². The predicted molar refractivity (Wildman–Crippen MR) is 68.0 cm³/mol. The molecule has 3 fully saturated rings. The van der Waals surface area contributed by atoms with Crippen LogP contribution in [0.5, 0.6) is 0 Å². The minimum atomic E-state index is -0.259. The Morgan fingerprint density at radius 2 is 1.94 bits per heavy atom. The summed E-state index contributed by atoms with van der Waals surface area (Å²) in [5.74, 6) is 0. The molecular formula is C15H23NO2. The van der Waals surface area contributed by atoms with Crippen molar-refractivity contribution in [3.05, 3.63) is 0 Å². The van der Waals surface area contributed by atoms with E-state index in [9.17, 15) is 5.26 Å². The molecule has 2 atom stereocenters. The third kappa shape index (κ3) is 2.29. The molecule has 2 unspecified atom stereocenters. The average molecular weight is 249 g/mol. The maximum Gasteiger partial charge on any atom is 0.0853 e. The Bertz CT molecular complexity index is 335. The Hall–Kier alpha value is -0.590. The van der Waals surface area contributed by atoms with Gasteiger partial charge in [-0.1, -0.05) is 19.3 Å². The smallest absolute Gasteiger partial charge is 0.0853 e. The molecule has 3 nitrogen and oxygen atoms in total. The van der Waals surface area contributed by atoms with Gasteiger partial charge < -0.3 is 9.47 Å². The molecule has 2 aliphatic heterocycles. The second kappa shape index (κ2) is 4.83.